The maximum absolute atomic E-state index is 6.40. The highest BCUT2D eigenvalue weighted by Gasteiger charge is 2.34. The highest BCUT2D eigenvalue weighted by Crippen LogP contribution is 2.35. The molecule has 0 amide bonds. The lowest BCUT2D eigenvalue weighted by Gasteiger charge is -2.47. The lowest BCUT2D eigenvalue weighted by molar-refractivity contribution is 0.102. The number of likely N-dealkylation sites (tertiary alicyclic amines) is 1. The monoisotopic (exact) mass is 307 g/mol. The number of piperidine rings is 2. The van der Waals surface area contributed by atoms with E-state index in [1.165, 1.54) is 37.1 Å². The van der Waals surface area contributed by atoms with Crippen LogP contribution in [0.15, 0.2) is 18.2 Å². The fraction of sp³-hybridized carbons (Fsp3) is 0.647. The van der Waals surface area contributed by atoms with Gasteiger partial charge in [-0.3, -0.25) is 0 Å². The molecule has 2 aliphatic rings. The van der Waals surface area contributed by atoms with Crippen molar-refractivity contribution in [2.24, 2.45) is 11.7 Å². The Balaban J connectivity index is 1.81. The average molecular weight is 308 g/mol. The van der Waals surface area contributed by atoms with Gasteiger partial charge in [-0.1, -0.05) is 17.7 Å². The number of nitrogens with zero attached hydrogens (tertiary/aromatic N) is 2. The smallest absolute Gasteiger partial charge is 0.0459 e. The van der Waals surface area contributed by atoms with Crippen LogP contribution in [0, 0.1) is 5.92 Å². The molecule has 0 spiro atoms. The van der Waals surface area contributed by atoms with Crippen molar-refractivity contribution in [1.29, 1.82) is 0 Å². The van der Waals surface area contributed by atoms with Crippen molar-refractivity contribution in [2.75, 3.05) is 38.1 Å². The molecule has 2 aliphatic heterocycles. The third-order valence-electron chi connectivity index (χ3n) is 5.17. The standard InChI is InChI=1S/C17H26ClN3/c1-20-10-3-4-13-12-21(11-8-16(13)20)17-6-2-5-15(18)14(17)7-9-19/h2,5-6,13,16H,3-4,7-12,19H2,1H3. The second kappa shape index (κ2) is 6.55. The van der Waals surface area contributed by atoms with E-state index in [0.29, 0.717) is 6.54 Å². The van der Waals surface area contributed by atoms with Crippen LogP contribution in [0.1, 0.15) is 24.8 Å². The van der Waals surface area contributed by atoms with E-state index in [-0.39, 0.29) is 0 Å². The molecule has 1 aromatic rings. The van der Waals surface area contributed by atoms with Crippen LogP contribution in [0.4, 0.5) is 5.69 Å². The molecule has 3 rings (SSSR count). The largest absolute Gasteiger partial charge is 0.371 e. The maximum atomic E-state index is 6.40. The molecular formula is C17H26ClN3. The van der Waals surface area contributed by atoms with E-state index in [0.717, 1.165) is 36.5 Å². The zero-order valence-corrected chi connectivity index (χ0v) is 13.6. The molecule has 0 aliphatic carbocycles. The van der Waals surface area contributed by atoms with E-state index in [9.17, 15) is 0 Å². The van der Waals surface area contributed by atoms with Crippen LogP contribution in [-0.4, -0.2) is 44.2 Å². The van der Waals surface area contributed by atoms with Crippen molar-refractivity contribution in [1.82, 2.24) is 4.90 Å². The third kappa shape index (κ3) is 3.05. The minimum atomic E-state index is 0.652. The molecule has 21 heavy (non-hydrogen) atoms. The molecule has 116 valence electrons. The Hall–Kier alpha value is -0.770. The van der Waals surface area contributed by atoms with Crippen LogP contribution >= 0.6 is 11.6 Å². The van der Waals surface area contributed by atoms with Crippen LogP contribution in [0.3, 0.4) is 0 Å². The summed E-state index contributed by atoms with van der Waals surface area (Å²) >= 11 is 6.40. The molecule has 1 aromatic carbocycles. The first kappa shape index (κ1) is 15.1. The van der Waals surface area contributed by atoms with Crippen LogP contribution < -0.4 is 10.6 Å². The summed E-state index contributed by atoms with van der Waals surface area (Å²) in [6.07, 6.45) is 4.81. The minimum absolute atomic E-state index is 0.652. The highest BCUT2D eigenvalue weighted by molar-refractivity contribution is 6.31. The summed E-state index contributed by atoms with van der Waals surface area (Å²) in [5.74, 6) is 0.794. The maximum Gasteiger partial charge on any atom is 0.0459 e. The molecule has 2 unspecified atom stereocenters. The van der Waals surface area contributed by atoms with Gasteiger partial charge in [0.1, 0.15) is 0 Å². The van der Waals surface area contributed by atoms with Gasteiger partial charge >= 0.3 is 0 Å². The lowest BCUT2D eigenvalue weighted by Crippen LogP contribution is -2.52. The van der Waals surface area contributed by atoms with E-state index in [4.69, 9.17) is 17.3 Å². The zero-order valence-electron chi connectivity index (χ0n) is 12.9. The van der Waals surface area contributed by atoms with Crippen LogP contribution in [-0.2, 0) is 6.42 Å². The molecule has 0 bridgehead atoms. The molecule has 4 heteroatoms. The first-order chi connectivity index (χ1) is 10.2. The molecule has 0 saturated carbocycles. The number of rotatable bonds is 3. The second-order valence-corrected chi connectivity index (χ2v) is 6.87. The van der Waals surface area contributed by atoms with Crippen molar-refractivity contribution in [3.05, 3.63) is 28.8 Å². The van der Waals surface area contributed by atoms with Crippen molar-refractivity contribution in [2.45, 2.75) is 31.7 Å². The average Bonchev–Trinajstić information content (AvgIpc) is 2.49. The van der Waals surface area contributed by atoms with Gasteiger partial charge in [0.15, 0.2) is 0 Å². The van der Waals surface area contributed by atoms with Gasteiger partial charge in [0, 0.05) is 29.8 Å². The Morgan fingerprint density at radius 1 is 1.29 bits per heavy atom. The molecule has 2 N–H and O–H groups in total. The topological polar surface area (TPSA) is 32.5 Å². The zero-order chi connectivity index (χ0) is 14.8. The summed E-state index contributed by atoms with van der Waals surface area (Å²) in [6, 6.07) is 7.03. The van der Waals surface area contributed by atoms with E-state index in [1.54, 1.807) is 0 Å². The van der Waals surface area contributed by atoms with Crippen molar-refractivity contribution < 1.29 is 0 Å². The molecular weight excluding hydrogens is 282 g/mol. The van der Waals surface area contributed by atoms with E-state index in [1.807, 2.05) is 6.07 Å². The highest BCUT2D eigenvalue weighted by atomic mass is 35.5. The van der Waals surface area contributed by atoms with E-state index < -0.39 is 0 Å². The molecule has 2 saturated heterocycles. The number of fused-ring (bicyclic) bond motifs is 1. The van der Waals surface area contributed by atoms with Gasteiger partial charge in [0.2, 0.25) is 0 Å². The first-order valence-corrected chi connectivity index (χ1v) is 8.51. The Kier molecular flexibility index (Phi) is 4.72. The predicted octanol–water partition coefficient (Wildman–Crippen LogP) is 2.76. The summed E-state index contributed by atoms with van der Waals surface area (Å²) in [6.45, 7) is 4.20. The molecule has 3 nitrogen and oxygen atoms in total. The first-order valence-electron chi connectivity index (χ1n) is 8.13. The quantitative estimate of drug-likeness (QED) is 0.932. The molecule has 0 radical (unpaired) electrons. The van der Waals surface area contributed by atoms with Gasteiger partial charge in [-0.15, -0.1) is 0 Å². The van der Waals surface area contributed by atoms with E-state index >= 15 is 0 Å². The minimum Gasteiger partial charge on any atom is -0.371 e. The van der Waals surface area contributed by atoms with Crippen molar-refractivity contribution in [3.63, 3.8) is 0 Å². The molecule has 2 heterocycles. The summed E-state index contributed by atoms with van der Waals surface area (Å²) < 4.78 is 0. The Morgan fingerprint density at radius 2 is 2.14 bits per heavy atom. The molecule has 0 aromatic heterocycles. The van der Waals surface area contributed by atoms with Crippen LogP contribution in [0.5, 0.6) is 0 Å². The van der Waals surface area contributed by atoms with E-state index in [2.05, 4.69) is 29.0 Å². The summed E-state index contributed by atoms with van der Waals surface area (Å²) in [5.41, 5.74) is 8.30. The number of hydrogen-bond acceptors (Lipinski definition) is 3. The van der Waals surface area contributed by atoms with Crippen molar-refractivity contribution in [3.8, 4) is 0 Å². The third-order valence-corrected chi connectivity index (χ3v) is 5.53. The number of benzene rings is 1. The summed E-state index contributed by atoms with van der Waals surface area (Å²) in [7, 11) is 2.28. The van der Waals surface area contributed by atoms with Gasteiger partial charge in [0.25, 0.3) is 0 Å². The number of hydrogen-bond donors (Lipinski definition) is 1. The normalized spacial score (nSPS) is 26.7. The number of anilines is 1. The lowest BCUT2D eigenvalue weighted by atomic mass is 9.84. The number of nitrogens with two attached hydrogens (primary N) is 1. The Morgan fingerprint density at radius 3 is 2.95 bits per heavy atom. The number of halogens is 1. The van der Waals surface area contributed by atoms with Crippen molar-refractivity contribution >= 4 is 17.3 Å². The van der Waals surface area contributed by atoms with Gasteiger partial charge < -0.3 is 15.5 Å². The van der Waals surface area contributed by atoms with Gasteiger partial charge in [0.05, 0.1) is 0 Å². The van der Waals surface area contributed by atoms with Gasteiger partial charge in [-0.2, -0.15) is 0 Å². The van der Waals surface area contributed by atoms with Gasteiger partial charge in [-0.05, 0) is 69.4 Å². The second-order valence-electron chi connectivity index (χ2n) is 6.46. The molecule has 2 atom stereocenters. The Labute approximate surface area is 133 Å². The summed E-state index contributed by atoms with van der Waals surface area (Å²) in [4.78, 5) is 5.10. The molecule has 2 fully saturated rings. The summed E-state index contributed by atoms with van der Waals surface area (Å²) in [5, 5.41) is 0.862. The Bertz CT molecular complexity index is 491. The van der Waals surface area contributed by atoms with Crippen LogP contribution in [0.25, 0.3) is 0 Å². The van der Waals surface area contributed by atoms with Gasteiger partial charge in [-0.25, -0.2) is 0 Å². The fourth-order valence-corrected chi connectivity index (χ4v) is 4.37. The fourth-order valence-electron chi connectivity index (χ4n) is 4.11. The SMILES string of the molecule is CN1CCCC2CN(c3cccc(Cl)c3CCN)CCC21. The van der Waals surface area contributed by atoms with Crippen LogP contribution in [0.2, 0.25) is 5.02 Å². The predicted molar refractivity (Wildman–Crippen MR) is 90.2 cm³/mol.